The van der Waals surface area contributed by atoms with Gasteiger partial charge in [0.15, 0.2) is 0 Å². The number of H-pyrrole nitrogens is 1. The molecular weight excluding hydrogens is 328 g/mol. The Labute approximate surface area is 151 Å². The molecule has 1 aromatic carbocycles. The summed E-state index contributed by atoms with van der Waals surface area (Å²) in [5.41, 5.74) is 3.59. The van der Waals surface area contributed by atoms with Crippen molar-refractivity contribution in [2.75, 3.05) is 13.7 Å². The molecule has 1 aliphatic heterocycles. The Balaban J connectivity index is 1.56. The van der Waals surface area contributed by atoms with Crippen molar-refractivity contribution < 1.29 is 4.74 Å². The molecule has 0 saturated carbocycles. The number of benzene rings is 1. The Bertz CT molecular complexity index is 969. The number of methoxy groups -OCH3 is 1. The molecule has 1 N–H and O–H groups in total. The van der Waals surface area contributed by atoms with Crippen LogP contribution in [0.15, 0.2) is 53.6 Å². The van der Waals surface area contributed by atoms with Crippen molar-refractivity contribution in [2.24, 2.45) is 0 Å². The Morgan fingerprint density at radius 3 is 2.88 bits per heavy atom. The summed E-state index contributed by atoms with van der Waals surface area (Å²) in [6.07, 6.45) is 4.28. The summed E-state index contributed by atoms with van der Waals surface area (Å²) in [6, 6.07) is 11.7. The van der Waals surface area contributed by atoms with Gasteiger partial charge in [0, 0.05) is 37.8 Å². The van der Waals surface area contributed by atoms with Crippen LogP contribution in [0, 0.1) is 0 Å². The van der Waals surface area contributed by atoms with Crippen LogP contribution in [0.1, 0.15) is 16.8 Å². The minimum Gasteiger partial charge on any atom is -0.495 e. The van der Waals surface area contributed by atoms with Crippen LogP contribution in [0.5, 0.6) is 5.75 Å². The van der Waals surface area contributed by atoms with Gasteiger partial charge >= 0.3 is 0 Å². The van der Waals surface area contributed by atoms with Crippen LogP contribution in [0.2, 0.25) is 0 Å². The van der Waals surface area contributed by atoms with Gasteiger partial charge in [0.1, 0.15) is 11.6 Å². The van der Waals surface area contributed by atoms with Crippen molar-refractivity contribution in [1.82, 2.24) is 19.9 Å². The number of nitrogens with one attached hydrogen (secondary N) is 1. The molecule has 0 amide bonds. The third-order valence-corrected chi connectivity index (χ3v) is 4.61. The zero-order valence-electron chi connectivity index (χ0n) is 14.6. The summed E-state index contributed by atoms with van der Waals surface area (Å²) in [7, 11) is 1.63. The van der Waals surface area contributed by atoms with Crippen molar-refractivity contribution in [2.45, 2.75) is 19.5 Å². The monoisotopic (exact) mass is 348 g/mol. The van der Waals surface area contributed by atoms with Crippen molar-refractivity contribution >= 4 is 0 Å². The van der Waals surface area contributed by atoms with E-state index in [4.69, 9.17) is 9.72 Å². The summed E-state index contributed by atoms with van der Waals surface area (Å²) >= 11 is 0. The minimum atomic E-state index is -0.0534. The van der Waals surface area contributed by atoms with Gasteiger partial charge in [-0.25, -0.2) is 4.98 Å². The second kappa shape index (κ2) is 7.09. The molecule has 0 fully saturated rings. The first kappa shape index (κ1) is 16.5. The van der Waals surface area contributed by atoms with Crippen LogP contribution in [0.25, 0.3) is 11.4 Å². The topological polar surface area (TPSA) is 71.1 Å². The molecule has 1 aliphatic rings. The van der Waals surface area contributed by atoms with Gasteiger partial charge < -0.3 is 9.72 Å². The lowest BCUT2D eigenvalue weighted by Gasteiger charge is -2.27. The van der Waals surface area contributed by atoms with Gasteiger partial charge in [-0.15, -0.1) is 0 Å². The highest BCUT2D eigenvalue weighted by Crippen LogP contribution is 2.20. The van der Waals surface area contributed by atoms with Crippen LogP contribution >= 0.6 is 0 Å². The van der Waals surface area contributed by atoms with Gasteiger partial charge in [-0.3, -0.25) is 14.7 Å². The van der Waals surface area contributed by atoms with E-state index in [9.17, 15) is 4.79 Å². The maximum atomic E-state index is 12.6. The predicted octanol–water partition coefficient (Wildman–Crippen LogP) is 2.40. The van der Waals surface area contributed by atoms with Gasteiger partial charge in [0.2, 0.25) is 0 Å². The Morgan fingerprint density at radius 2 is 2.08 bits per heavy atom. The first-order valence-electron chi connectivity index (χ1n) is 8.60. The van der Waals surface area contributed by atoms with Crippen molar-refractivity contribution in [3.63, 3.8) is 0 Å². The average Bonchev–Trinajstić information content (AvgIpc) is 2.69. The molecule has 0 radical (unpaired) electrons. The standard InChI is InChI=1S/C20H20N4O2/c1-26-16-9-14(10-21-11-16)12-24-8-7-18-17(13-24)20(25)23-19(22-18)15-5-3-2-4-6-15/h2-6,9-11H,7-8,12-13H2,1H3,(H,22,23,25). The lowest BCUT2D eigenvalue weighted by atomic mass is 10.1. The number of aromatic amines is 1. The molecular formula is C20H20N4O2. The van der Waals surface area contributed by atoms with Gasteiger partial charge in [0.25, 0.3) is 5.56 Å². The third kappa shape index (κ3) is 3.36. The van der Waals surface area contributed by atoms with E-state index in [1.165, 1.54) is 0 Å². The van der Waals surface area contributed by atoms with Crippen molar-refractivity contribution in [1.29, 1.82) is 0 Å². The fraction of sp³-hybridized carbons (Fsp3) is 0.250. The van der Waals surface area contributed by atoms with E-state index in [1.54, 1.807) is 13.3 Å². The van der Waals surface area contributed by atoms with E-state index in [0.29, 0.717) is 12.4 Å². The number of pyridine rings is 1. The molecule has 0 aliphatic carbocycles. The van der Waals surface area contributed by atoms with Crippen LogP contribution in [0.3, 0.4) is 0 Å². The number of aromatic nitrogens is 3. The number of ether oxygens (including phenoxy) is 1. The smallest absolute Gasteiger partial charge is 0.255 e. The van der Waals surface area contributed by atoms with Crippen LogP contribution in [0.4, 0.5) is 0 Å². The number of hydrogen-bond acceptors (Lipinski definition) is 5. The summed E-state index contributed by atoms with van der Waals surface area (Å²) in [5.74, 6) is 1.38. The lowest BCUT2D eigenvalue weighted by Crippen LogP contribution is -2.35. The summed E-state index contributed by atoms with van der Waals surface area (Å²) < 4.78 is 5.23. The summed E-state index contributed by atoms with van der Waals surface area (Å²) in [5, 5.41) is 0. The van der Waals surface area contributed by atoms with Gasteiger partial charge in [0.05, 0.1) is 24.6 Å². The number of hydrogen-bond donors (Lipinski definition) is 1. The minimum absolute atomic E-state index is 0.0534. The van der Waals surface area contributed by atoms with E-state index < -0.39 is 0 Å². The predicted molar refractivity (Wildman–Crippen MR) is 98.9 cm³/mol. The number of rotatable bonds is 4. The Hall–Kier alpha value is -2.99. The van der Waals surface area contributed by atoms with Gasteiger partial charge in [-0.05, 0) is 11.6 Å². The molecule has 26 heavy (non-hydrogen) atoms. The number of nitrogens with zero attached hydrogens (tertiary/aromatic N) is 3. The van der Waals surface area contributed by atoms with Crippen LogP contribution in [-0.2, 0) is 19.5 Å². The highest BCUT2D eigenvalue weighted by Gasteiger charge is 2.21. The second-order valence-corrected chi connectivity index (χ2v) is 6.40. The highest BCUT2D eigenvalue weighted by atomic mass is 16.5. The number of fused-ring (bicyclic) bond motifs is 1. The maximum absolute atomic E-state index is 12.6. The van der Waals surface area contributed by atoms with Crippen LogP contribution in [-0.4, -0.2) is 33.5 Å². The lowest BCUT2D eigenvalue weighted by molar-refractivity contribution is 0.241. The molecule has 132 valence electrons. The molecule has 0 unspecified atom stereocenters. The second-order valence-electron chi connectivity index (χ2n) is 6.40. The molecule has 3 aromatic rings. The fourth-order valence-corrected chi connectivity index (χ4v) is 3.27. The molecule has 0 bridgehead atoms. The molecule has 4 rings (SSSR count). The highest BCUT2D eigenvalue weighted by molar-refractivity contribution is 5.54. The molecule has 0 spiro atoms. The van der Waals surface area contributed by atoms with Crippen molar-refractivity contribution in [3.05, 3.63) is 76.0 Å². The molecule has 0 saturated heterocycles. The van der Waals surface area contributed by atoms with E-state index in [0.717, 1.165) is 47.6 Å². The first-order valence-corrected chi connectivity index (χ1v) is 8.60. The third-order valence-electron chi connectivity index (χ3n) is 4.61. The van der Waals surface area contributed by atoms with E-state index in [1.807, 2.05) is 42.6 Å². The van der Waals surface area contributed by atoms with Gasteiger partial charge in [-0.1, -0.05) is 30.3 Å². The van der Waals surface area contributed by atoms with E-state index >= 15 is 0 Å². The fourth-order valence-electron chi connectivity index (χ4n) is 3.27. The quantitative estimate of drug-likeness (QED) is 0.784. The van der Waals surface area contributed by atoms with E-state index in [-0.39, 0.29) is 5.56 Å². The van der Waals surface area contributed by atoms with E-state index in [2.05, 4.69) is 14.9 Å². The summed E-state index contributed by atoms with van der Waals surface area (Å²) in [6.45, 7) is 2.17. The molecule has 3 heterocycles. The van der Waals surface area contributed by atoms with Crippen LogP contribution < -0.4 is 10.3 Å². The molecule has 2 aromatic heterocycles. The maximum Gasteiger partial charge on any atom is 0.255 e. The Kier molecular flexibility index (Phi) is 4.50. The zero-order valence-corrected chi connectivity index (χ0v) is 14.6. The largest absolute Gasteiger partial charge is 0.495 e. The normalized spacial score (nSPS) is 14.0. The summed E-state index contributed by atoms with van der Waals surface area (Å²) in [4.78, 5) is 26.7. The zero-order chi connectivity index (χ0) is 17.9. The Morgan fingerprint density at radius 1 is 1.23 bits per heavy atom. The first-order chi connectivity index (χ1) is 12.7. The molecule has 6 nitrogen and oxygen atoms in total. The average molecular weight is 348 g/mol. The molecule has 6 heteroatoms. The van der Waals surface area contributed by atoms with Crippen molar-refractivity contribution in [3.8, 4) is 17.1 Å². The van der Waals surface area contributed by atoms with Gasteiger partial charge in [-0.2, -0.15) is 0 Å². The SMILES string of the molecule is COc1cncc(CN2CCc3nc(-c4ccccc4)[nH]c(=O)c3C2)c1. The molecule has 0 atom stereocenters.